The average molecular weight is 376 g/mol. The number of ether oxygens (including phenoxy) is 1. The Hall–Kier alpha value is -2.45. The van der Waals surface area contributed by atoms with Gasteiger partial charge in [0.2, 0.25) is 15.8 Å². The highest BCUT2D eigenvalue weighted by Crippen LogP contribution is 2.36. The van der Waals surface area contributed by atoms with Gasteiger partial charge in [-0.2, -0.15) is 4.31 Å². The number of nitrogens with zero attached hydrogens (tertiary/aromatic N) is 2. The summed E-state index contributed by atoms with van der Waals surface area (Å²) in [5.74, 6) is 0.521. The van der Waals surface area contributed by atoms with E-state index in [1.165, 1.54) is 16.4 Å². The molecule has 1 aliphatic heterocycles. The lowest BCUT2D eigenvalue weighted by Crippen LogP contribution is -2.27. The predicted molar refractivity (Wildman–Crippen MR) is 97.1 cm³/mol. The molecular formula is C18H20N2O5S. The van der Waals surface area contributed by atoms with Gasteiger partial charge in [-0.25, -0.2) is 8.42 Å². The number of aryl methyl sites for hydroxylation is 1. The van der Waals surface area contributed by atoms with Gasteiger partial charge in [0, 0.05) is 19.2 Å². The SMILES string of the molecule is Cc1cccc(Oc2ccc(S(=O)(=O)N3CCCC3)cc2[N+](=O)[O-])c1C. The minimum atomic E-state index is -3.73. The predicted octanol–water partition coefficient (Wildman–Crippen LogP) is 3.79. The molecule has 2 aromatic rings. The Labute approximate surface area is 152 Å². The van der Waals surface area contributed by atoms with Crippen LogP contribution in [0, 0.1) is 24.0 Å². The Morgan fingerprint density at radius 3 is 2.42 bits per heavy atom. The summed E-state index contributed by atoms with van der Waals surface area (Å²) in [6.45, 7) is 4.67. The third-order valence-electron chi connectivity index (χ3n) is 4.60. The molecule has 2 aromatic carbocycles. The minimum absolute atomic E-state index is 0.0177. The zero-order chi connectivity index (χ0) is 18.9. The van der Waals surface area contributed by atoms with Crippen molar-refractivity contribution in [1.82, 2.24) is 4.31 Å². The first-order chi connectivity index (χ1) is 12.3. The molecule has 1 saturated heterocycles. The van der Waals surface area contributed by atoms with Crippen molar-refractivity contribution in [3.05, 3.63) is 57.6 Å². The molecule has 0 unspecified atom stereocenters. The Balaban J connectivity index is 2.00. The van der Waals surface area contributed by atoms with Crippen molar-refractivity contribution in [2.24, 2.45) is 0 Å². The highest BCUT2D eigenvalue weighted by atomic mass is 32.2. The fourth-order valence-electron chi connectivity index (χ4n) is 2.92. The molecule has 0 radical (unpaired) electrons. The highest BCUT2D eigenvalue weighted by Gasteiger charge is 2.30. The maximum atomic E-state index is 12.6. The van der Waals surface area contributed by atoms with E-state index < -0.39 is 14.9 Å². The van der Waals surface area contributed by atoms with Gasteiger partial charge in [0.25, 0.3) is 0 Å². The van der Waals surface area contributed by atoms with E-state index in [-0.39, 0.29) is 16.3 Å². The quantitative estimate of drug-likeness (QED) is 0.585. The summed E-state index contributed by atoms with van der Waals surface area (Å²) in [4.78, 5) is 10.8. The number of rotatable bonds is 5. The highest BCUT2D eigenvalue weighted by molar-refractivity contribution is 7.89. The summed E-state index contributed by atoms with van der Waals surface area (Å²) in [6.07, 6.45) is 1.60. The van der Waals surface area contributed by atoms with Crippen molar-refractivity contribution in [1.29, 1.82) is 0 Å². The third-order valence-corrected chi connectivity index (χ3v) is 6.50. The van der Waals surface area contributed by atoms with Crippen LogP contribution in [0.3, 0.4) is 0 Å². The fraction of sp³-hybridized carbons (Fsp3) is 0.333. The van der Waals surface area contributed by atoms with Gasteiger partial charge in [-0.3, -0.25) is 10.1 Å². The number of hydrogen-bond donors (Lipinski definition) is 0. The van der Waals surface area contributed by atoms with E-state index >= 15 is 0 Å². The summed E-state index contributed by atoms with van der Waals surface area (Å²) in [5.41, 5.74) is 1.50. The molecule has 1 heterocycles. The largest absolute Gasteiger partial charge is 0.450 e. The van der Waals surface area contributed by atoms with Crippen LogP contribution in [0.15, 0.2) is 41.3 Å². The van der Waals surface area contributed by atoms with Crippen LogP contribution in [0.5, 0.6) is 11.5 Å². The van der Waals surface area contributed by atoms with Crippen LogP contribution < -0.4 is 4.74 Å². The second-order valence-electron chi connectivity index (χ2n) is 6.30. The molecule has 26 heavy (non-hydrogen) atoms. The van der Waals surface area contributed by atoms with E-state index in [2.05, 4.69) is 0 Å². The van der Waals surface area contributed by atoms with E-state index in [9.17, 15) is 18.5 Å². The molecule has 138 valence electrons. The van der Waals surface area contributed by atoms with Gasteiger partial charge in [-0.15, -0.1) is 0 Å². The normalized spacial score (nSPS) is 15.2. The van der Waals surface area contributed by atoms with E-state index in [1.807, 2.05) is 19.9 Å². The maximum Gasteiger partial charge on any atom is 0.312 e. The number of nitro benzene ring substituents is 1. The van der Waals surface area contributed by atoms with Crippen LogP contribution in [0.2, 0.25) is 0 Å². The van der Waals surface area contributed by atoms with Crippen LogP contribution in [-0.4, -0.2) is 30.7 Å². The topological polar surface area (TPSA) is 89.8 Å². The lowest BCUT2D eigenvalue weighted by Gasteiger charge is -2.16. The molecule has 3 rings (SSSR count). The van der Waals surface area contributed by atoms with Crippen LogP contribution in [0.4, 0.5) is 5.69 Å². The molecule has 7 nitrogen and oxygen atoms in total. The zero-order valence-corrected chi connectivity index (χ0v) is 15.5. The van der Waals surface area contributed by atoms with E-state index in [4.69, 9.17) is 4.74 Å². The Morgan fingerprint density at radius 1 is 1.08 bits per heavy atom. The monoisotopic (exact) mass is 376 g/mol. The molecule has 1 aliphatic rings. The first-order valence-corrected chi connectivity index (χ1v) is 9.77. The number of benzene rings is 2. The molecule has 0 amide bonds. The average Bonchev–Trinajstić information content (AvgIpc) is 3.14. The molecule has 0 aromatic heterocycles. The molecule has 0 saturated carbocycles. The van der Waals surface area contributed by atoms with Crippen LogP contribution in [-0.2, 0) is 10.0 Å². The molecule has 0 bridgehead atoms. The summed E-state index contributed by atoms with van der Waals surface area (Å²) in [7, 11) is -3.73. The molecule has 0 spiro atoms. The van der Waals surface area contributed by atoms with Crippen molar-refractivity contribution in [3.63, 3.8) is 0 Å². The summed E-state index contributed by atoms with van der Waals surface area (Å²) in [5, 5.41) is 11.5. The van der Waals surface area contributed by atoms with Gasteiger partial charge in [0.15, 0.2) is 0 Å². The molecule has 1 fully saturated rings. The number of nitro groups is 1. The van der Waals surface area contributed by atoms with E-state index in [0.29, 0.717) is 18.8 Å². The summed E-state index contributed by atoms with van der Waals surface area (Å²) in [6, 6.07) is 9.23. The van der Waals surface area contributed by atoms with Crippen LogP contribution in [0.25, 0.3) is 0 Å². The van der Waals surface area contributed by atoms with Gasteiger partial charge < -0.3 is 4.74 Å². The van der Waals surface area contributed by atoms with Crippen molar-refractivity contribution < 1.29 is 18.1 Å². The minimum Gasteiger partial charge on any atom is -0.450 e. The number of sulfonamides is 1. The smallest absolute Gasteiger partial charge is 0.312 e. The van der Waals surface area contributed by atoms with Crippen molar-refractivity contribution >= 4 is 15.7 Å². The van der Waals surface area contributed by atoms with Crippen molar-refractivity contribution in [2.45, 2.75) is 31.6 Å². The van der Waals surface area contributed by atoms with Crippen molar-refractivity contribution in [3.8, 4) is 11.5 Å². The maximum absolute atomic E-state index is 12.6. The lowest BCUT2D eigenvalue weighted by atomic mass is 10.1. The first kappa shape index (κ1) is 18.3. The third kappa shape index (κ3) is 3.42. The van der Waals surface area contributed by atoms with Gasteiger partial charge in [-0.05, 0) is 56.0 Å². The molecular weight excluding hydrogens is 356 g/mol. The van der Waals surface area contributed by atoms with Gasteiger partial charge in [0.05, 0.1) is 9.82 Å². The fourth-order valence-corrected chi connectivity index (χ4v) is 4.46. The first-order valence-electron chi connectivity index (χ1n) is 8.33. The van der Waals surface area contributed by atoms with Gasteiger partial charge in [0.1, 0.15) is 5.75 Å². The number of hydrogen-bond acceptors (Lipinski definition) is 5. The van der Waals surface area contributed by atoms with Gasteiger partial charge >= 0.3 is 5.69 Å². The summed E-state index contributed by atoms with van der Waals surface area (Å²) < 4.78 is 32.4. The lowest BCUT2D eigenvalue weighted by molar-refractivity contribution is -0.385. The standard InChI is InChI=1S/C18H20N2O5S/c1-13-6-5-7-17(14(13)2)25-18-9-8-15(12-16(18)20(21)22)26(23,24)19-10-3-4-11-19/h5-9,12H,3-4,10-11H2,1-2H3. The zero-order valence-electron chi connectivity index (χ0n) is 14.6. The van der Waals surface area contributed by atoms with E-state index in [1.54, 1.807) is 12.1 Å². The van der Waals surface area contributed by atoms with Crippen molar-refractivity contribution in [2.75, 3.05) is 13.1 Å². The van der Waals surface area contributed by atoms with E-state index in [0.717, 1.165) is 30.0 Å². The molecule has 0 atom stereocenters. The van der Waals surface area contributed by atoms with Crippen LogP contribution >= 0.6 is 0 Å². The Morgan fingerprint density at radius 2 is 1.77 bits per heavy atom. The molecule has 0 N–H and O–H groups in total. The van der Waals surface area contributed by atoms with Crippen LogP contribution in [0.1, 0.15) is 24.0 Å². The van der Waals surface area contributed by atoms with Gasteiger partial charge in [-0.1, -0.05) is 12.1 Å². The Bertz CT molecular complexity index is 950. The summed E-state index contributed by atoms with van der Waals surface area (Å²) >= 11 is 0. The molecule has 0 aliphatic carbocycles. The Kier molecular flexibility index (Phi) is 4.97. The molecule has 8 heteroatoms. The second kappa shape index (κ2) is 7.05. The second-order valence-corrected chi connectivity index (χ2v) is 8.24.